The van der Waals surface area contributed by atoms with E-state index in [1.165, 1.54) is 8.66 Å². The molecule has 1 heterocycles. The molecule has 0 bridgehead atoms. The van der Waals surface area contributed by atoms with Gasteiger partial charge in [-0.15, -0.1) is 11.3 Å². The van der Waals surface area contributed by atoms with Crippen LogP contribution in [0.2, 0.25) is 0 Å². The molecule has 0 fully saturated rings. The van der Waals surface area contributed by atoms with Crippen molar-refractivity contribution >= 4 is 39.0 Å². The monoisotopic (exact) mass is 279 g/mol. The molecule has 0 saturated carbocycles. The number of hydrogen-bond acceptors (Lipinski definition) is 3. The summed E-state index contributed by atoms with van der Waals surface area (Å²) in [6.45, 7) is 4.12. The van der Waals surface area contributed by atoms with Gasteiger partial charge in [-0.2, -0.15) is 11.8 Å². The van der Waals surface area contributed by atoms with Gasteiger partial charge in [-0.1, -0.05) is 0 Å². The molecule has 0 spiro atoms. The molecule has 4 heteroatoms. The fourth-order valence-corrected chi connectivity index (χ4v) is 3.53. The first kappa shape index (κ1) is 11.6. The van der Waals surface area contributed by atoms with E-state index in [0.717, 1.165) is 11.5 Å². The van der Waals surface area contributed by atoms with Crippen LogP contribution in [0.15, 0.2) is 15.9 Å². The Kier molecular flexibility index (Phi) is 4.29. The largest absolute Gasteiger partial charge is 0.325 e. The summed E-state index contributed by atoms with van der Waals surface area (Å²) < 4.78 is 1.20. The number of halogens is 1. The second-order valence-electron chi connectivity index (χ2n) is 3.69. The standard InChI is InChI=1S/C9H14BrNS2/c1-9(2,11)6-12-5-7-3-4-8(10)13-7/h3-4H,5-6,11H2,1-2H3. The van der Waals surface area contributed by atoms with Gasteiger partial charge in [-0.05, 0) is 41.9 Å². The van der Waals surface area contributed by atoms with Gasteiger partial charge in [0.15, 0.2) is 0 Å². The van der Waals surface area contributed by atoms with Gasteiger partial charge in [0, 0.05) is 21.9 Å². The van der Waals surface area contributed by atoms with Gasteiger partial charge in [0.05, 0.1) is 3.79 Å². The summed E-state index contributed by atoms with van der Waals surface area (Å²) in [5.74, 6) is 2.07. The molecule has 1 nitrogen and oxygen atoms in total. The van der Waals surface area contributed by atoms with Gasteiger partial charge in [0.2, 0.25) is 0 Å². The summed E-state index contributed by atoms with van der Waals surface area (Å²) in [6.07, 6.45) is 0. The van der Waals surface area contributed by atoms with Crippen LogP contribution in [-0.4, -0.2) is 11.3 Å². The average Bonchev–Trinajstić information content (AvgIpc) is 2.33. The molecule has 1 aromatic heterocycles. The van der Waals surface area contributed by atoms with Gasteiger partial charge in [0.1, 0.15) is 0 Å². The van der Waals surface area contributed by atoms with Crippen molar-refractivity contribution < 1.29 is 0 Å². The maximum Gasteiger partial charge on any atom is 0.0701 e. The molecule has 74 valence electrons. The van der Waals surface area contributed by atoms with Crippen LogP contribution < -0.4 is 5.73 Å². The van der Waals surface area contributed by atoms with Crippen molar-refractivity contribution in [2.45, 2.75) is 25.1 Å². The summed E-state index contributed by atoms with van der Waals surface area (Å²) in [4.78, 5) is 1.40. The first-order valence-corrected chi connectivity index (χ1v) is 6.85. The molecule has 13 heavy (non-hydrogen) atoms. The van der Waals surface area contributed by atoms with E-state index in [-0.39, 0.29) is 5.54 Å². The zero-order chi connectivity index (χ0) is 9.90. The minimum Gasteiger partial charge on any atom is -0.325 e. The van der Waals surface area contributed by atoms with Crippen molar-refractivity contribution in [3.05, 3.63) is 20.8 Å². The van der Waals surface area contributed by atoms with Crippen LogP contribution in [0.3, 0.4) is 0 Å². The minimum absolute atomic E-state index is 0.0564. The molecule has 2 N–H and O–H groups in total. The van der Waals surface area contributed by atoms with Crippen LogP contribution in [0.1, 0.15) is 18.7 Å². The molecule has 0 aromatic carbocycles. The summed E-state index contributed by atoms with van der Waals surface area (Å²) in [5.41, 5.74) is 5.82. The van der Waals surface area contributed by atoms with Crippen molar-refractivity contribution in [1.82, 2.24) is 0 Å². The smallest absolute Gasteiger partial charge is 0.0701 e. The molecule has 0 aliphatic rings. The zero-order valence-electron chi connectivity index (χ0n) is 7.84. The third-order valence-corrected chi connectivity index (χ3v) is 4.62. The van der Waals surface area contributed by atoms with Gasteiger partial charge in [0.25, 0.3) is 0 Å². The maximum absolute atomic E-state index is 5.88. The molecule has 0 aliphatic heterocycles. The predicted molar refractivity (Wildman–Crippen MR) is 66.4 cm³/mol. The summed E-state index contributed by atoms with van der Waals surface area (Å²) in [7, 11) is 0. The Morgan fingerprint density at radius 2 is 2.23 bits per heavy atom. The molecule has 0 atom stereocenters. The Morgan fingerprint density at radius 3 is 2.69 bits per heavy atom. The number of hydrogen-bond donors (Lipinski definition) is 1. The van der Waals surface area contributed by atoms with Crippen LogP contribution in [0.25, 0.3) is 0 Å². The summed E-state index contributed by atoms with van der Waals surface area (Å²) in [6, 6.07) is 4.25. The predicted octanol–water partition coefficient (Wildman–Crippen LogP) is 3.48. The maximum atomic E-state index is 5.88. The SMILES string of the molecule is CC(C)(N)CSCc1ccc(Br)s1. The lowest BCUT2D eigenvalue weighted by atomic mass is 10.1. The Hall–Kier alpha value is 0.490. The number of thioether (sulfide) groups is 1. The summed E-state index contributed by atoms with van der Waals surface area (Å²) >= 11 is 7.13. The normalized spacial score (nSPS) is 12.0. The molecular weight excluding hydrogens is 266 g/mol. The van der Waals surface area contributed by atoms with Crippen molar-refractivity contribution in [2.24, 2.45) is 5.73 Å². The van der Waals surface area contributed by atoms with Crippen LogP contribution >= 0.6 is 39.0 Å². The van der Waals surface area contributed by atoms with Crippen LogP contribution in [0, 0.1) is 0 Å². The van der Waals surface area contributed by atoms with E-state index in [2.05, 4.69) is 41.9 Å². The second kappa shape index (κ2) is 4.82. The van der Waals surface area contributed by atoms with E-state index in [9.17, 15) is 0 Å². The van der Waals surface area contributed by atoms with E-state index in [1.807, 2.05) is 11.8 Å². The number of thiophene rings is 1. The second-order valence-corrected chi connectivity index (χ2v) is 7.22. The number of rotatable bonds is 4. The molecular formula is C9H14BrNS2. The first-order valence-electron chi connectivity index (χ1n) is 4.08. The lowest BCUT2D eigenvalue weighted by molar-refractivity contribution is 0.591. The number of nitrogens with two attached hydrogens (primary N) is 1. The molecule has 1 aromatic rings. The highest BCUT2D eigenvalue weighted by Gasteiger charge is 2.10. The highest BCUT2D eigenvalue weighted by Crippen LogP contribution is 2.26. The van der Waals surface area contributed by atoms with Crippen molar-refractivity contribution in [3.8, 4) is 0 Å². The molecule has 0 radical (unpaired) electrons. The van der Waals surface area contributed by atoms with Crippen molar-refractivity contribution in [1.29, 1.82) is 0 Å². The minimum atomic E-state index is -0.0564. The first-order chi connectivity index (χ1) is 5.97. The lowest BCUT2D eigenvalue weighted by Gasteiger charge is -2.16. The van der Waals surface area contributed by atoms with E-state index < -0.39 is 0 Å². The van der Waals surface area contributed by atoms with Gasteiger partial charge in [-0.25, -0.2) is 0 Å². The van der Waals surface area contributed by atoms with Gasteiger partial charge in [-0.3, -0.25) is 0 Å². The topological polar surface area (TPSA) is 26.0 Å². The van der Waals surface area contributed by atoms with Gasteiger partial charge < -0.3 is 5.73 Å². The molecule has 1 rings (SSSR count). The average molecular weight is 280 g/mol. The molecule has 0 saturated heterocycles. The Morgan fingerprint density at radius 1 is 1.54 bits per heavy atom. The Labute approximate surface area is 96.2 Å². The third kappa shape index (κ3) is 5.05. The fraction of sp³-hybridized carbons (Fsp3) is 0.556. The van der Waals surface area contributed by atoms with E-state index >= 15 is 0 Å². The Bertz CT molecular complexity index is 265. The lowest BCUT2D eigenvalue weighted by Crippen LogP contribution is -2.34. The third-order valence-electron chi connectivity index (χ3n) is 1.35. The van der Waals surface area contributed by atoms with Crippen molar-refractivity contribution in [2.75, 3.05) is 5.75 Å². The van der Waals surface area contributed by atoms with Crippen molar-refractivity contribution in [3.63, 3.8) is 0 Å². The molecule has 0 amide bonds. The summed E-state index contributed by atoms with van der Waals surface area (Å²) in [5, 5.41) is 0. The molecule has 0 unspecified atom stereocenters. The zero-order valence-corrected chi connectivity index (χ0v) is 11.1. The van der Waals surface area contributed by atoms with E-state index in [1.54, 1.807) is 11.3 Å². The van der Waals surface area contributed by atoms with Crippen LogP contribution in [0.5, 0.6) is 0 Å². The highest BCUT2D eigenvalue weighted by molar-refractivity contribution is 9.11. The van der Waals surface area contributed by atoms with Crippen LogP contribution in [-0.2, 0) is 5.75 Å². The highest BCUT2D eigenvalue weighted by atomic mass is 79.9. The van der Waals surface area contributed by atoms with E-state index in [4.69, 9.17) is 5.73 Å². The van der Waals surface area contributed by atoms with Gasteiger partial charge >= 0.3 is 0 Å². The quantitative estimate of drug-likeness (QED) is 0.913. The molecule has 0 aliphatic carbocycles. The van der Waals surface area contributed by atoms with Crippen LogP contribution in [0.4, 0.5) is 0 Å². The fourth-order valence-electron chi connectivity index (χ4n) is 0.844. The Balaban J connectivity index is 2.28. The van der Waals surface area contributed by atoms with E-state index in [0.29, 0.717) is 0 Å².